The summed E-state index contributed by atoms with van der Waals surface area (Å²) in [5.41, 5.74) is 4.41. The van der Waals surface area contributed by atoms with Gasteiger partial charge in [-0.3, -0.25) is 0 Å². The van der Waals surface area contributed by atoms with Crippen LogP contribution in [0.4, 0.5) is 28.0 Å². The van der Waals surface area contributed by atoms with Crippen LogP contribution in [0.3, 0.4) is 0 Å². The number of aliphatic carboxylic acids is 1. The highest BCUT2D eigenvalue weighted by Gasteiger charge is 2.38. The minimum Gasteiger partial charge on any atom is -0.475 e. The molecule has 9 nitrogen and oxygen atoms in total. The van der Waals surface area contributed by atoms with Crippen molar-refractivity contribution in [2.24, 2.45) is 5.10 Å². The molecule has 3 heterocycles. The number of urea groups is 1. The third-order valence-corrected chi connectivity index (χ3v) is 5.61. The Bertz CT molecular complexity index is 1660. The molecule has 204 valence electrons. The highest BCUT2D eigenvalue weighted by atomic mass is 19.4. The van der Waals surface area contributed by atoms with Crippen LogP contribution < -0.4 is 5.32 Å². The summed E-state index contributed by atoms with van der Waals surface area (Å²) in [6, 6.07) is 14.7. The molecule has 40 heavy (non-hydrogen) atoms. The lowest BCUT2D eigenvalue weighted by atomic mass is 10.0. The van der Waals surface area contributed by atoms with E-state index in [0.717, 1.165) is 16.8 Å². The predicted octanol–water partition coefficient (Wildman–Crippen LogP) is 5.17. The van der Waals surface area contributed by atoms with E-state index in [9.17, 15) is 22.4 Å². The number of carbonyl (C=O) groups excluding carboxylic acids is 1. The number of nitrogens with zero attached hydrogens (tertiary/aromatic N) is 5. The summed E-state index contributed by atoms with van der Waals surface area (Å²) >= 11 is 0. The summed E-state index contributed by atoms with van der Waals surface area (Å²) in [7, 11) is 0. The first-order chi connectivity index (χ1) is 19.0. The first-order valence-electron chi connectivity index (χ1n) is 11.6. The van der Waals surface area contributed by atoms with E-state index in [1.165, 1.54) is 17.1 Å². The van der Waals surface area contributed by atoms with Crippen LogP contribution in [0.1, 0.15) is 34.8 Å². The van der Waals surface area contributed by atoms with Gasteiger partial charge in [0.05, 0.1) is 12.2 Å². The molecule has 1 atom stereocenters. The third-order valence-electron chi connectivity index (χ3n) is 5.61. The number of hydrogen-bond donors (Lipinski definition) is 2. The van der Waals surface area contributed by atoms with Crippen molar-refractivity contribution in [1.29, 1.82) is 0 Å². The van der Waals surface area contributed by atoms with Crippen LogP contribution in [0.15, 0.2) is 72.1 Å². The molecule has 1 aliphatic rings. The normalized spacial score (nSPS) is 14.2. The molecule has 2 amide bonds. The van der Waals surface area contributed by atoms with Crippen LogP contribution in [-0.2, 0) is 4.79 Å². The molecule has 2 aromatic carbocycles. The molecule has 0 bridgehead atoms. The molecular weight excluding hydrogens is 532 g/mol. The van der Waals surface area contributed by atoms with Gasteiger partial charge in [0, 0.05) is 30.1 Å². The Morgan fingerprint density at radius 1 is 1.10 bits per heavy atom. The fraction of sp³-hybridized carbons (Fsp3) is 0.148. The summed E-state index contributed by atoms with van der Waals surface area (Å²) in [5.74, 6) is 3.14. The zero-order valence-electron chi connectivity index (χ0n) is 20.7. The quantitative estimate of drug-likeness (QED) is 0.263. The van der Waals surface area contributed by atoms with E-state index in [-0.39, 0.29) is 11.9 Å². The van der Waals surface area contributed by atoms with Crippen molar-refractivity contribution in [3.8, 4) is 11.8 Å². The van der Waals surface area contributed by atoms with E-state index < -0.39 is 18.2 Å². The number of fused-ring (bicyclic) bond motifs is 1. The lowest BCUT2D eigenvalue weighted by Gasteiger charge is -2.22. The molecule has 1 unspecified atom stereocenters. The lowest BCUT2D eigenvalue weighted by Crippen LogP contribution is -2.31. The van der Waals surface area contributed by atoms with Crippen LogP contribution >= 0.6 is 0 Å². The zero-order valence-corrected chi connectivity index (χ0v) is 20.7. The molecule has 0 spiro atoms. The summed E-state index contributed by atoms with van der Waals surface area (Å²) in [4.78, 5) is 26.1. The minimum atomic E-state index is -5.08. The number of carbonyl (C=O) groups is 2. The Labute approximate surface area is 224 Å². The number of nitrogens with one attached hydrogen (secondary N) is 1. The Morgan fingerprint density at radius 3 is 2.60 bits per heavy atom. The van der Waals surface area contributed by atoms with Gasteiger partial charge in [0.15, 0.2) is 5.65 Å². The molecule has 5 rings (SSSR count). The monoisotopic (exact) mass is 552 g/mol. The van der Waals surface area contributed by atoms with E-state index in [4.69, 9.17) is 9.90 Å². The van der Waals surface area contributed by atoms with Crippen molar-refractivity contribution in [2.45, 2.75) is 25.6 Å². The molecule has 2 aromatic heterocycles. The molecule has 13 heteroatoms. The smallest absolute Gasteiger partial charge is 0.475 e. The number of carboxylic acids is 1. The average Bonchev–Trinajstić information content (AvgIpc) is 3.56. The average molecular weight is 552 g/mol. The zero-order chi connectivity index (χ0) is 28.9. The Hall–Kier alpha value is -5.25. The highest BCUT2D eigenvalue weighted by molar-refractivity contribution is 5.91. The molecule has 0 aliphatic carbocycles. The molecule has 4 aromatic rings. The van der Waals surface area contributed by atoms with Crippen molar-refractivity contribution in [2.75, 3.05) is 5.32 Å². The van der Waals surface area contributed by atoms with Gasteiger partial charge in [-0.05, 0) is 60.4 Å². The van der Waals surface area contributed by atoms with Crippen molar-refractivity contribution < 1.29 is 32.3 Å². The number of rotatable bonds is 2. The van der Waals surface area contributed by atoms with Gasteiger partial charge in [0.1, 0.15) is 11.5 Å². The summed E-state index contributed by atoms with van der Waals surface area (Å²) in [5, 5.41) is 19.8. The van der Waals surface area contributed by atoms with Gasteiger partial charge in [-0.2, -0.15) is 23.4 Å². The van der Waals surface area contributed by atoms with Crippen molar-refractivity contribution in [1.82, 2.24) is 19.6 Å². The Kier molecular flexibility index (Phi) is 8.09. The first-order valence-corrected chi connectivity index (χ1v) is 11.6. The van der Waals surface area contributed by atoms with Gasteiger partial charge >= 0.3 is 18.2 Å². The van der Waals surface area contributed by atoms with Gasteiger partial charge in [0.25, 0.3) is 0 Å². The van der Waals surface area contributed by atoms with Crippen molar-refractivity contribution >= 4 is 29.5 Å². The van der Waals surface area contributed by atoms with E-state index in [1.807, 2.05) is 37.3 Å². The second kappa shape index (κ2) is 11.6. The second-order valence-electron chi connectivity index (χ2n) is 8.40. The molecule has 0 saturated carbocycles. The fourth-order valence-electron chi connectivity index (χ4n) is 3.66. The molecule has 2 N–H and O–H groups in total. The van der Waals surface area contributed by atoms with E-state index in [0.29, 0.717) is 23.4 Å². The number of hydrazone groups is 1. The molecule has 0 saturated heterocycles. The SMILES string of the molecule is Cc1ccc(NC(=O)N2N=CCC2c2cccc(F)c2)cc1C#Cc1cnc2cccnn12.O=C(O)C(F)(F)F. The van der Waals surface area contributed by atoms with Crippen molar-refractivity contribution in [3.63, 3.8) is 0 Å². The number of amides is 2. The maximum atomic E-state index is 13.7. The largest absolute Gasteiger partial charge is 0.490 e. The third kappa shape index (κ3) is 6.60. The standard InChI is InChI=1S/C25H19FN6O.C2HF3O2/c1-17-7-9-21(15-18(17)8-10-22-16-27-24-6-3-12-28-31(22)24)30-25(33)32-23(11-13-29-32)19-4-2-5-20(26)14-19;3-2(4,5)1(6)7/h2-7,9,12-16,23H,11H2,1H3,(H,30,33);(H,6,7). The number of benzene rings is 2. The van der Waals surface area contributed by atoms with E-state index in [2.05, 4.69) is 32.3 Å². The predicted molar refractivity (Wildman–Crippen MR) is 137 cm³/mol. The maximum absolute atomic E-state index is 13.7. The topological polar surface area (TPSA) is 112 Å². The van der Waals surface area contributed by atoms with Crippen LogP contribution in [-0.4, -0.2) is 49.1 Å². The van der Waals surface area contributed by atoms with Crippen LogP contribution in [0, 0.1) is 24.6 Å². The van der Waals surface area contributed by atoms with Gasteiger partial charge in [-0.15, -0.1) is 0 Å². The number of aromatic nitrogens is 3. The van der Waals surface area contributed by atoms with Gasteiger partial charge in [0.2, 0.25) is 0 Å². The van der Waals surface area contributed by atoms with Crippen LogP contribution in [0.2, 0.25) is 0 Å². The maximum Gasteiger partial charge on any atom is 0.490 e. The molecule has 0 radical (unpaired) electrons. The number of halogens is 4. The Balaban J connectivity index is 0.000000470. The summed E-state index contributed by atoms with van der Waals surface area (Å²) in [6.07, 6.45) is 0.452. The molecule has 1 aliphatic heterocycles. The second-order valence-corrected chi connectivity index (χ2v) is 8.40. The van der Waals surface area contributed by atoms with Gasteiger partial charge in [-0.1, -0.05) is 24.1 Å². The van der Waals surface area contributed by atoms with E-state index >= 15 is 0 Å². The number of alkyl halides is 3. The van der Waals surface area contributed by atoms with E-state index in [1.54, 1.807) is 35.3 Å². The van der Waals surface area contributed by atoms with Crippen LogP contribution in [0.25, 0.3) is 5.65 Å². The first kappa shape index (κ1) is 27.8. The fourth-order valence-corrected chi connectivity index (χ4v) is 3.66. The minimum absolute atomic E-state index is 0.345. The van der Waals surface area contributed by atoms with Crippen LogP contribution in [0.5, 0.6) is 0 Å². The number of anilines is 1. The number of imidazole rings is 1. The summed E-state index contributed by atoms with van der Waals surface area (Å²) in [6.45, 7) is 1.95. The number of aryl methyl sites for hydroxylation is 1. The lowest BCUT2D eigenvalue weighted by molar-refractivity contribution is -0.192. The van der Waals surface area contributed by atoms with Gasteiger partial charge in [-0.25, -0.2) is 28.5 Å². The Morgan fingerprint density at radius 2 is 1.88 bits per heavy atom. The number of carboxylic acid groups (broad SMARTS) is 1. The molecular formula is C27H20F4N6O3. The van der Waals surface area contributed by atoms with Gasteiger partial charge < -0.3 is 10.4 Å². The highest BCUT2D eigenvalue weighted by Crippen LogP contribution is 2.29. The summed E-state index contributed by atoms with van der Waals surface area (Å²) < 4.78 is 47.1. The number of hydrogen-bond acceptors (Lipinski definition) is 5. The molecule has 0 fully saturated rings. The van der Waals surface area contributed by atoms with Crippen molar-refractivity contribution in [3.05, 3.63) is 95.2 Å².